The molecule has 1 amide bonds. The molecular formula is C9H13N3O2. The van der Waals surface area contributed by atoms with Crippen molar-refractivity contribution >= 4 is 11.8 Å². The lowest BCUT2D eigenvalue weighted by atomic mass is 10.2. The molecule has 14 heavy (non-hydrogen) atoms. The van der Waals surface area contributed by atoms with Crippen molar-refractivity contribution in [3.63, 3.8) is 0 Å². The average Bonchev–Trinajstić information content (AvgIpc) is 2.67. The van der Waals surface area contributed by atoms with Gasteiger partial charge < -0.3 is 20.4 Å². The van der Waals surface area contributed by atoms with Crippen LogP contribution in [0.25, 0.3) is 0 Å². The summed E-state index contributed by atoms with van der Waals surface area (Å²) in [6.45, 7) is 3.49. The fraction of sp³-hybridized carbons (Fsp3) is 0.444. The van der Waals surface area contributed by atoms with Crippen molar-refractivity contribution in [2.24, 2.45) is 5.73 Å². The van der Waals surface area contributed by atoms with Crippen LogP contribution in [0.1, 0.15) is 10.4 Å². The molecule has 76 valence electrons. The third-order valence-electron chi connectivity index (χ3n) is 2.31. The van der Waals surface area contributed by atoms with Crippen molar-refractivity contribution < 1.29 is 9.21 Å². The maximum atomic E-state index is 11.0. The van der Waals surface area contributed by atoms with Crippen LogP contribution in [0.2, 0.25) is 0 Å². The molecule has 0 atom stereocenters. The van der Waals surface area contributed by atoms with Gasteiger partial charge in [-0.15, -0.1) is 0 Å². The Hall–Kier alpha value is -1.49. The number of amides is 1. The Balaban J connectivity index is 2.21. The van der Waals surface area contributed by atoms with E-state index in [4.69, 9.17) is 10.2 Å². The lowest BCUT2D eigenvalue weighted by Crippen LogP contribution is -2.44. The molecule has 0 radical (unpaired) electrons. The summed E-state index contributed by atoms with van der Waals surface area (Å²) >= 11 is 0. The van der Waals surface area contributed by atoms with E-state index in [0.717, 1.165) is 26.2 Å². The van der Waals surface area contributed by atoms with Crippen LogP contribution in [0.5, 0.6) is 0 Å². The van der Waals surface area contributed by atoms with E-state index in [1.807, 2.05) is 4.90 Å². The van der Waals surface area contributed by atoms with Crippen molar-refractivity contribution in [2.45, 2.75) is 0 Å². The Labute approximate surface area is 81.9 Å². The van der Waals surface area contributed by atoms with Gasteiger partial charge in [0, 0.05) is 26.2 Å². The van der Waals surface area contributed by atoms with Gasteiger partial charge >= 0.3 is 0 Å². The fourth-order valence-electron chi connectivity index (χ4n) is 1.60. The smallest absolute Gasteiger partial charge is 0.254 e. The van der Waals surface area contributed by atoms with Crippen molar-refractivity contribution in [3.05, 3.63) is 17.9 Å². The lowest BCUT2D eigenvalue weighted by Gasteiger charge is -2.27. The van der Waals surface area contributed by atoms with E-state index >= 15 is 0 Å². The molecule has 2 heterocycles. The van der Waals surface area contributed by atoms with E-state index in [1.165, 1.54) is 6.26 Å². The summed E-state index contributed by atoms with van der Waals surface area (Å²) < 4.78 is 5.26. The summed E-state index contributed by atoms with van der Waals surface area (Å²) in [6.07, 6.45) is 1.50. The number of carbonyl (C=O) groups excluding carboxylic acids is 1. The minimum atomic E-state index is -0.438. The van der Waals surface area contributed by atoms with Crippen LogP contribution in [0, 0.1) is 0 Å². The van der Waals surface area contributed by atoms with Crippen LogP contribution >= 0.6 is 0 Å². The van der Waals surface area contributed by atoms with E-state index in [0.29, 0.717) is 11.4 Å². The number of piperazine rings is 1. The maximum absolute atomic E-state index is 11.0. The van der Waals surface area contributed by atoms with Crippen LogP contribution in [0.15, 0.2) is 16.7 Å². The van der Waals surface area contributed by atoms with Crippen molar-refractivity contribution in [3.8, 4) is 0 Å². The zero-order valence-corrected chi connectivity index (χ0v) is 7.82. The zero-order chi connectivity index (χ0) is 9.97. The molecule has 1 fully saturated rings. The summed E-state index contributed by atoms with van der Waals surface area (Å²) in [5.74, 6) is 0.159. The molecule has 1 aromatic heterocycles. The van der Waals surface area contributed by atoms with E-state index in [1.54, 1.807) is 6.07 Å². The molecule has 0 saturated carbocycles. The molecular weight excluding hydrogens is 182 g/mol. The van der Waals surface area contributed by atoms with Crippen molar-refractivity contribution in [1.29, 1.82) is 0 Å². The molecule has 5 nitrogen and oxygen atoms in total. The molecule has 0 aliphatic carbocycles. The number of nitrogens with one attached hydrogen (secondary N) is 1. The number of rotatable bonds is 2. The Kier molecular flexibility index (Phi) is 2.41. The van der Waals surface area contributed by atoms with E-state index < -0.39 is 5.91 Å². The molecule has 0 spiro atoms. The van der Waals surface area contributed by atoms with Gasteiger partial charge in [-0.05, 0) is 6.07 Å². The standard InChI is InChI=1S/C9H13N3O2/c10-8(13)7-1-6-14-9(7)12-4-2-11-3-5-12/h1,6,11H,2-5H2,(H2,10,13). The van der Waals surface area contributed by atoms with Crippen LogP contribution < -0.4 is 16.0 Å². The fourth-order valence-corrected chi connectivity index (χ4v) is 1.60. The zero-order valence-electron chi connectivity index (χ0n) is 7.82. The Morgan fingerprint density at radius 3 is 2.86 bits per heavy atom. The highest BCUT2D eigenvalue weighted by atomic mass is 16.3. The number of carbonyl (C=O) groups is 1. The monoisotopic (exact) mass is 195 g/mol. The average molecular weight is 195 g/mol. The van der Waals surface area contributed by atoms with Crippen LogP contribution in [-0.4, -0.2) is 32.1 Å². The molecule has 5 heteroatoms. The first kappa shape index (κ1) is 9.08. The number of hydrogen-bond donors (Lipinski definition) is 2. The summed E-state index contributed by atoms with van der Waals surface area (Å²) in [6, 6.07) is 1.61. The summed E-state index contributed by atoms with van der Waals surface area (Å²) in [4.78, 5) is 13.1. The third kappa shape index (κ3) is 1.58. The SMILES string of the molecule is NC(=O)c1ccoc1N1CCNCC1. The lowest BCUT2D eigenvalue weighted by molar-refractivity contribution is 0.1000. The first-order valence-electron chi connectivity index (χ1n) is 4.62. The largest absolute Gasteiger partial charge is 0.448 e. The molecule has 0 aromatic carbocycles. The van der Waals surface area contributed by atoms with Crippen molar-refractivity contribution in [1.82, 2.24) is 5.32 Å². The summed E-state index contributed by atoms with van der Waals surface area (Å²) in [7, 11) is 0. The molecule has 1 saturated heterocycles. The van der Waals surface area contributed by atoms with Gasteiger partial charge in [0.25, 0.3) is 5.91 Å². The number of primary amides is 1. The van der Waals surface area contributed by atoms with Gasteiger partial charge in [0.05, 0.1) is 6.26 Å². The van der Waals surface area contributed by atoms with Gasteiger partial charge in [0.15, 0.2) is 0 Å². The van der Waals surface area contributed by atoms with E-state index in [2.05, 4.69) is 5.32 Å². The second-order valence-electron chi connectivity index (χ2n) is 3.24. The highest BCUT2D eigenvalue weighted by Gasteiger charge is 2.19. The third-order valence-corrected chi connectivity index (χ3v) is 2.31. The van der Waals surface area contributed by atoms with Gasteiger partial charge in [-0.25, -0.2) is 0 Å². The van der Waals surface area contributed by atoms with Gasteiger partial charge in [0.2, 0.25) is 5.88 Å². The molecule has 1 aromatic rings. The van der Waals surface area contributed by atoms with E-state index in [9.17, 15) is 4.79 Å². The van der Waals surface area contributed by atoms with Crippen LogP contribution in [0.4, 0.5) is 5.88 Å². The van der Waals surface area contributed by atoms with Gasteiger partial charge in [-0.2, -0.15) is 0 Å². The van der Waals surface area contributed by atoms with Crippen molar-refractivity contribution in [2.75, 3.05) is 31.1 Å². The summed E-state index contributed by atoms with van der Waals surface area (Å²) in [5, 5.41) is 3.23. The second kappa shape index (κ2) is 3.71. The van der Waals surface area contributed by atoms with Crippen LogP contribution in [0.3, 0.4) is 0 Å². The summed E-state index contributed by atoms with van der Waals surface area (Å²) in [5.41, 5.74) is 5.69. The quantitative estimate of drug-likeness (QED) is 0.685. The molecule has 1 aliphatic rings. The predicted octanol–water partition coefficient (Wildman–Crippen LogP) is -0.212. The van der Waals surface area contributed by atoms with Gasteiger partial charge in [-0.1, -0.05) is 0 Å². The highest BCUT2D eigenvalue weighted by Crippen LogP contribution is 2.21. The van der Waals surface area contributed by atoms with Gasteiger partial charge in [0.1, 0.15) is 5.56 Å². The number of nitrogens with two attached hydrogens (primary N) is 1. The Bertz CT molecular complexity index is 329. The number of nitrogens with zero attached hydrogens (tertiary/aromatic N) is 1. The minimum Gasteiger partial charge on any atom is -0.448 e. The first-order valence-corrected chi connectivity index (χ1v) is 4.62. The number of anilines is 1. The maximum Gasteiger partial charge on any atom is 0.254 e. The predicted molar refractivity (Wildman–Crippen MR) is 52.3 cm³/mol. The van der Waals surface area contributed by atoms with Gasteiger partial charge in [-0.3, -0.25) is 4.79 Å². The minimum absolute atomic E-state index is 0.438. The normalized spacial score (nSPS) is 17.0. The number of hydrogen-bond acceptors (Lipinski definition) is 4. The molecule has 0 bridgehead atoms. The molecule has 2 rings (SSSR count). The van der Waals surface area contributed by atoms with Crippen LogP contribution in [-0.2, 0) is 0 Å². The molecule has 1 aliphatic heterocycles. The topological polar surface area (TPSA) is 71.5 Å². The Morgan fingerprint density at radius 1 is 1.50 bits per heavy atom. The molecule has 0 unspecified atom stereocenters. The highest BCUT2D eigenvalue weighted by molar-refractivity contribution is 5.97. The first-order chi connectivity index (χ1) is 6.79. The Morgan fingerprint density at radius 2 is 2.21 bits per heavy atom. The van der Waals surface area contributed by atoms with E-state index in [-0.39, 0.29) is 0 Å². The second-order valence-corrected chi connectivity index (χ2v) is 3.24. The number of furan rings is 1. The molecule has 3 N–H and O–H groups in total.